The molecule has 1 aliphatic rings. The third-order valence-electron chi connectivity index (χ3n) is 3.79. The summed E-state index contributed by atoms with van der Waals surface area (Å²) in [6.45, 7) is -3.05. The van der Waals surface area contributed by atoms with Gasteiger partial charge in [0.25, 0.3) is 5.91 Å². The highest BCUT2D eigenvalue weighted by molar-refractivity contribution is 6.02. The first-order chi connectivity index (χ1) is 11.5. The van der Waals surface area contributed by atoms with Crippen molar-refractivity contribution in [1.82, 2.24) is 5.32 Å². The molecule has 24 heavy (non-hydrogen) atoms. The molecule has 0 aliphatic heterocycles. The van der Waals surface area contributed by atoms with E-state index in [0.29, 0.717) is 0 Å². The number of carbonyl (C=O) groups is 1. The van der Waals surface area contributed by atoms with Gasteiger partial charge in [-0.15, -0.1) is 0 Å². The van der Waals surface area contributed by atoms with E-state index in [9.17, 15) is 18.8 Å². The quantitative estimate of drug-likeness (QED) is 0.639. The number of methoxy groups -OCH3 is 1. The minimum absolute atomic E-state index is 0.0522. The number of nitrogens with zero attached hydrogens (tertiary/aromatic N) is 1. The number of benzene rings is 1. The summed E-state index contributed by atoms with van der Waals surface area (Å²) in [5.74, 6) is -0.635. The predicted molar refractivity (Wildman–Crippen MR) is 83.6 cm³/mol. The molecule has 1 N–H and O–H groups in total. The van der Waals surface area contributed by atoms with E-state index in [4.69, 9.17) is 4.74 Å². The molecule has 1 amide bonds. The van der Waals surface area contributed by atoms with Gasteiger partial charge >= 0.3 is 6.61 Å². The minimum atomic E-state index is -3.05. The molecule has 0 atom stereocenters. The fourth-order valence-electron chi connectivity index (χ4n) is 2.66. The molecule has 1 aliphatic carbocycles. The third-order valence-corrected chi connectivity index (χ3v) is 3.79. The Hall–Kier alpha value is -2.62. The van der Waals surface area contributed by atoms with Crippen molar-refractivity contribution >= 4 is 12.0 Å². The van der Waals surface area contributed by atoms with Crippen molar-refractivity contribution in [3.05, 3.63) is 29.3 Å². The van der Waals surface area contributed by atoms with Crippen molar-refractivity contribution in [2.24, 2.45) is 0 Å². The van der Waals surface area contributed by atoms with Crippen molar-refractivity contribution in [3.8, 4) is 17.6 Å². The summed E-state index contributed by atoms with van der Waals surface area (Å²) < 4.78 is 34.7. The number of para-hydroxylation sites is 1. The molecule has 0 spiro atoms. The largest absolute Gasteiger partial charge is 0.493 e. The van der Waals surface area contributed by atoms with Crippen molar-refractivity contribution in [2.75, 3.05) is 7.11 Å². The lowest BCUT2D eigenvalue weighted by molar-refractivity contribution is -0.117. The molecule has 5 nitrogen and oxygen atoms in total. The number of halogens is 2. The molecule has 0 unspecified atom stereocenters. The van der Waals surface area contributed by atoms with Gasteiger partial charge in [0, 0.05) is 11.6 Å². The summed E-state index contributed by atoms with van der Waals surface area (Å²) in [6.07, 6.45) is 5.06. The van der Waals surface area contributed by atoms with Gasteiger partial charge in [-0.25, -0.2) is 0 Å². The zero-order valence-corrected chi connectivity index (χ0v) is 13.2. The van der Waals surface area contributed by atoms with Gasteiger partial charge in [-0.05, 0) is 25.0 Å². The number of nitriles is 1. The fraction of sp³-hybridized carbons (Fsp3) is 0.412. The van der Waals surface area contributed by atoms with E-state index in [-0.39, 0.29) is 28.7 Å². The zero-order valence-electron chi connectivity index (χ0n) is 13.2. The Bertz CT molecular complexity index is 662. The molecule has 1 aromatic carbocycles. The SMILES string of the molecule is COc1cccc(/C=C(/C#N)C(=O)NC2CCCC2)c1OC(F)F. The van der Waals surface area contributed by atoms with E-state index in [0.717, 1.165) is 25.7 Å². The number of ether oxygens (including phenoxy) is 2. The predicted octanol–water partition coefficient (Wildman–Crippen LogP) is 3.26. The van der Waals surface area contributed by atoms with E-state index in [2.05, 4.69) is 10.1 Å². The number of hydrogen-bond donors (Lipinski definition) is 1. The van der Waals surface area contributed by atoms with Crippen LogP contribution in [-0.2, 0) is 4.79 Å². The van der Waals surface area contributed by atoms with Gasteiger partial charge in [0.05, 0.1) is 7.11 Å². The summed E-state index contributed by atoms with van der Waals surface area (Å²) in [4.78, 5) is 12.2. The molecule has 1 aromatic rings. The van der Waals surface area contributed by atoms with Crippen LogP contribution >= 0.6 is 0 Å². The van der Waals surface area contributed by atoms with E-state index < -0.39 is 12.5 Å². The number of alkyl halides is 2. The maximum absolute atomic E-state index is 12.6. The first-order valence-corrected chi connectivity index (χ1v) is 7.59. The number of amides is 1. The van der Waals surface area contributed by atoms with Crippen LogP contribution in [-0.4, -0.2) is 25.7 Å². The second kappa shape index (κ2) is 8.29. The Morgan fingerprint density at radius 1 is 1.42 bits per heavy atom. The molecule has 0 aromatic heterocycles. The number of nitrogens with one attached hydrogen (secondary N) is 1. The summed E-state index contributed by atoms with van der Waals surface area (Å²) in [5.41, 5.74) is 0.00189. The highest BCUT2D eigenvalue weighted by Gasteiger charge is 2.20. The van der Waals surface area contributed by atoms with E-state index >= 15 is 0 Å². The van der Waals surface area contributed by atoms with Crippen LogP contribution in [0.25, 0.3) is 6.08 Å². The number of rotatable bonds is 6. The van der Waals surface area contributed by atoms with Gasteiger partial charge in [0.2, 0.25) is 0 Å². The minimum Gasteiger partial charge on any atom is -0.493 e. The fourth-order valence-corrected chi connectivity index (χ4v) is 2.66. The summed E-state index contributed by atoms with van der Waals surface area (Å²) in [5, 5.41) is 12.0. The Kier molecular flexibility index (Phi) is 6.13. The average molecular weight is 336 g/mol. The summed E-state index contributed by atoms with van der Waals surface area (Å²) in [6, 6.07) is 6.35. The van der Waals surface area contributed by atoms with Crippen LogP contribution in [0.15, 0.2) is 23.8 Å². The van der Waals surface area contributed by atoms with Crippen molar-refractivity contribution < 1.29 is 23.0 Å². The average Bonchev–Trinajstić information content (AvgIpc) is 3.06. The first-order valence-electron chi connectivity index (χ1n) is 7.59. The van der Waals surface area contributed by atoms with E-state index in [1.54, 1.807) is 6.07 Å². The zero-order chi connectivity index (χ0) is 17.5. The molecule has 0 saturated heterocycles. The van der Waals surface area contributed by atoms with Crippen LogP contribution in [0.5, 0.6) is 11.5 Å². The van der Waals surface area contributed by atoms with Crippen molar-refractivity contribution in [1.29, 1.82) is 5.26 Å². The van der Waals surface area contributed by atoms with Gasteiger partial charge in [-0.2, -0.15) is 14.0 Å². The van der Waals surface area contributed by atoms with Gasteiger partial charge < -0.3 is 14.8 Å². The second-order valence-electron chi connectivity index (χ2n) is 5.38. The molecule has 2 rings (SSSR count). The van der Waals surface area contributed by atoms with E-state index in [1.165, 1.54) is 25.3 Å². The second-order valence-corrected chi connectivity index (χ2v) is 5.38. The van der Waals surface area contributed by atoms with Crippen molar-refractivity contribution in [3.63, 3.8) is 0 Å². The maximum Gasteiger partial charge on any atom is 0.387 e. The molecule has 1 saturated carbocycles. The van der Waals surface area contributed by atoms with Crippen LogP contribution in [0, 0.1) is 11.3 Å². The summed E-state index contributed by atoms with van der Waals surface area (Å²) in [7, 11) is 1.32. The highest BCUT2D eigenvalue weighted by atomic mass is 19.3. The molecule has 0 bridgehead atoms. The lowest BCUT2D eigenvalue weighted by Crippen LogP contribution is -2.33. The first kappa shape index (κ1) is 17.7. The molecule has 0 heterocycles. The van der Waals surface area contributed by atoms with Crippen LogP contribution in [0.2, 0.25) is 0 Å². The van der Waals surface area contributed by atoms with Crippen LogP contribution in [0.1, 0.15) is 31.2 Å². The monoisotopic (exact) mass is 336 g/mol. The van der Waals surface area contributed by atoms with Gasteiger partial charge in [0.1, 0.15) is 11.6 Å². The summed E-state index contributed by atoms with van der Waals surface area (Å²) >= 11 is 0. The molecule has 1 fully saturated rings. The van der Waals surface area contributed by atoms with Crippen LogP contribution < -0.4 is 14.8 Å². The van der Waals surface area contributed by atoms with Gasteiger partial charge in [-0.1, -0.05) is 25.0 Å². The maximum atomic E-state index is 12.6. The highest BCUT2D eigenvalue weighted by Crippen LogP contribution is 2.33. The van der Waals surface area contributed by atoms with Crippen LogP contribution in [0.3, 0.4) is 0 Å². The normalized spacial score (nSPS) is 15.2. The Morgan fingerprint density at radius 2 is 2.12 bits per heavy atom. The Morgan fingerprint density at radius 3 is 2.71 bits per heavy atom. The standard InChI is InChI=1S/C17H18F2N2O3/c1-23-14-8-4-5-11(15(14)24-17(18)19)9-12(10-20)16(22)21-13-6-2-3-7-13/h4-5,8-9,13,17H,2-3,6-7H2,1H3,(H,21,22)/b12-9-. The number of hydrogen-bond acceptors (Lipinski definition) is 4. The van der Waals surface area contributed by atoms with Gasteiger partial charge in [-0.3, -0.25) is 4.79 Å². The molecule has 128 valence electrons. The van der Waals surface area contributed by atoms with Crippen molar-refractivity contribution in [2.45, 2.75) is 38.3 Å². The molecular weight excluding hydrogens is 318 g/mol. The lowest BCUT2D eigenvalue weighted by atomic mass is 10.1. The molecule has 7 heteroatoms. The molecule has 0 radical (unpaired) electrons. The smallest absolute Gasteiger partial charge is 0.387 e. The number of carbonyl (C=O) groups excluding carboxylic acids is 1. The molecular formula is C17H18F2N2O3. The topological polar surface area (TPSA) is 71.3 Å². The van der Waals surface area contributed by atoms with Gasteiger partial charge in [0.15, 0.2) is 11.5 Å². The lowest BCUT2D eigenvalue weighted by Gasteiger charge is -2.13. The Balaban J connectivity index is 2.29. The van der Waals surface area contributed by atoms with E-state index in [1.807, 2.05) is 6.07 Å². The third kappa shape index (κ3) is 4.44. The van der Waals surface area contributed by atoms with Crippen LogP contribution in [0.4, 0.5) is 8.78 Å². The Labute approximate surface area is 138 Å².